The quantitative estimate of drug-likeness (QED) is 0.281. The minimum absolute atomic E-state index is 0.317. The molecule has 160 valence electrons. The zero-order valence-corrected chi connectivity index (χ0v) is 16.7. The number of carboxylic acids is 3. The van der Waals surface area contributed by atoms with E-state index < -0.39 is 42.9 Å². The highest BCUT2D eigenvalue weighted by Gasteiger charge is 2.16. The van der Waals surface area contributed by atoms with Gasteiger partial charge in [0, 0.05) is 6.54 Å². The van der Waals surface area contributed by atoms with Crippen LogP contribution in [0.25, 0.3) is 0 Å². The third-order valence-corrected chi connectivity index (χ3v) is 2.92. The number of rotatable bonds is 13. The Morgan fingerprint density at radius 2 is 1.33 bits per heavy atom. The molecule has 0 aliphatic carbocycles. The molecule has 0 saturated carbocycles. The van der Waals surface area contributed by atoms with Crippen molar-refractivity contribution in [3.05, 3.63) is 0 Å². The van der Waals surface area contributed by atoms with Gasteiger partial charge in [0.2, 0.25) is 5.91 Å². The van der Waals surface area contributed by atoms with E-state index in [1.165, 1.54) is 0 Å². The number of nitrogens with one attached hydrogen (secondary N) is 1. The molecule has 0 saturated heterocycles. The Bertz CT molecular complexity index is 415. The predicted octanol–water partition coefficient (Wildman–Crippen LogP) is 0.599. The number of unbranched alkanes of at least 4 members (excludes halogenated alkanes) is 2. The molecule has 0 aliphatic heterocycles. The van der Waals surface area contributed by atoms with Crippen LogP contribution in [0.15, 0.2) is 0 Å². The van der Waals surface area contributed by atoms with E-state index in [-0.39, 0.29) is 6.54 Å². The molecule has 0 aromatic carbocycles. The number of amides is 1. The lowest BCUT2D eigenvalue weighted by Crippen LogP contribution is -2.42. The van der Waals surface area contributed by atoms with Crippen LogP contribution in [0.1, 0.15) is 53.4 Å². The van der Waals surface area contributed by atoms with Gasteiger partial charge in [0.25, 0.3) is 0 Å². The Kier molecular flexibility index (Phi) is 22.0. The first-order valence-electron chi connectivity index (χ1n) is 9.13. The van der Waals surface area contributed by atoms with E-state index >= 15 is 0 Å². The number of carbonyl (C=O) groups excluding carboxylic acids is 1. The third-order valence-electron chi connectivity index (χ3n) is 2.92. The number of aliphatic carboxylic acids is 3. The van der Waals surface area contributed by atoms with Crippen molar-refractivity contribution in [1.82, 2.24) is 10.2 Å². The van der Waals surface area contributed by atoms with Crippen molar-refractivity contribution < 1.29 is 34.5 Å². The van der Waals surface area contributed by atoms with E-state index in [1.54, 1.807) is 0 Å². The summed E-state index contributed by atoms with van der Waals surface area (Å²) >= 11 is 0. The molecule has 0 heterocycles. The van der Waals surface area contributed by atoms with Crippen LogP contribution in [0, 0.1) is 0 Å². The van der Waals surface area contributed by atoms with Crippen LogP contribution >= 0.6 is 0 Å². The summed E-state index contributed by atoms with van der Waals surface area (Å²) in [5, 5.41) is 28.4. The topological polar surface area (TPSA) is 170 Å². The summed E-state index contributed by atoms with van der Waals surface area (Å²) in [5.41, 5.74) is 5.34. The van der Waals surface area contributed by atoms with E-state index in [4.69, 9.17) is 21.1 Å². The van der Waals surface area contributed by atoms with E-state index in [9.17, 15) is 19.2 Å². The lowest BCUT2D eigenvalue weighted by atomic mass is 10.1. The average molecular weight is 393 g/mol. The normalized spacial score (nSPS) is 10.6. The van der Waals surface area contributed by atoms with Crippen molar-refractivity contribution in [3.63, 3.8) is 0 Å². The van der Waals surface area contributed by atoms with Gasteiger partial charge in [-0.3, -0.25) is 24.1 Å². The van der Waals surface area contributed by atoms with Crippen molar-refractivity contribution >= 4 is 23.8 Å². The molecule has 10 heteroatoms. The number of nitrogens with two attached hydrogens (primary N) is 1. The maximum Gasteiger partial charge on any atom is 0.320 e. The molecule has 1 amide bonds. The molecule has 0 spiro atoms. The summed E-state index contributed by atoms with van der Waals surface area (Å²) in [4.78, 5) is 44.3. The van der Waals surface area contributed by atoms with E-state index in [1.807, 2.05) is 27.7 Å². The molecule has 0 aliphatic rings. The first-order chi connectivity index (χ1) is 12.7. The highest BCUT2D eigenvalue weighted by Crippen LogP contribution is 2.02. The van der Waals surface area contributed by atoms with Crippen LogP contribution in [0.3, 0.4) is 0 Å². The highest BCUT2D eigenvalue weighted by molar-refractivity contribution is 5.80. The Labute approximate surface area is 160 Å². The summed E-state index contributed by atoms with van der Waals surface area (Å²) < 4.78 is 0. The van der Waals surface area contributed by atoms with Gasteiger partial charge >= 0.3 is 17.9 Å². The second kappa shape index (κ2) is 20.1. The molecule has 1 unspecified atom stereocenters. The second-order valence-electron chi connectivity index (χ2n) is 5.08. The van der Waals surface area contributed by atoms with Crippen molar-refractivity contribution in [2.24, 2.45) is 5.73 Å². The molecule has 1 atom stereocenters. The van der Waals surface area contributed by atoms with Crippen LogP contribution in [-0.4, -0.2) is 76.3 Å². The molecule has 0 aromatic heterocycles. The molecule has 10 nitrogen and oxygen atoms in total. The van der Waals surface area contributed by atoms with Gasteiger partial charge in [-0.2, -0.15) is 0 Å². The van der Waals surface area contributed by atoms with Gasteiger partial charge in [-0.25, -0.2) is 0 Å². The molecule has 6 N–H and O–H groups in total. The van der Waals surface area contributed by atoms with E-state index in [0.717, 1.165) is 4.90 Å². The monoisotopic (exact) mass is 393 g/mol. The van der Waals surface area contributed by atoms with E-state index in [0.29, 0.717) is 32.2 Å². The highest BCUT2D eigenvalue weighted by atomic mass is 16.4. The largest absolute Gasteiger partial charge is 0.480 e. The lowest BCUT2D eigenvalue weighted by Gasteiger charge is -2.17. The smallest absolute Gasteiger partial charge is 0.320 e. The number of nitrogens with zero attached hydrogens (tertiary/aromatic N) is 1. The van der Waals surface area contributed by atoms with Gasteiger partial charge < -0.3 is 26.4 Å². The summed E-state index contributed by atoms with van der Waals surface area (Å²) in [5.74, 6) is -3.94. The molecule has 0 radical (unpaired) electrons. The number of carboxylic acid groups (broad SMARTS) is 3. The first-order valence-corrected chi connectivity index (χ1v) is 9.13. The van der Waals surface area contributed by atoms with Crippen LogP contribution in [-0.2, 0) is 19.2 Å². The molecule has 27 heavy (non-hydrogen) atoms. The summed E-state index contributed by atoms with van der Waals surface area (Å²) in [7, 11) is 0. The fraction of sp³-hybridized carbons (Fsp3) is 0.765. The Morgan fingerprint density at radius 1 is 0.852 bits per heavy atom. The van der Waals surface area contributed by atoms with Gasteiger partial charge in [0.05, 0.1) is 19.6 Å². The van der Waals surface area contributed by atoms with Gasteiger partial charge in [-0.15, -0.1) is 0 Å². The zero-order valence-electron chi connectivity index (χ0n) is 16.7. The Balaban J connectivity index is -0.00000134. The number of hydrogen-bond donors (Lipinski definition) is 5. The third kappa shape index (κ3) is 21.8. The predicted molar refractivity (Wildman–Crippen MR) is 101 cm³/mol. The maximum atomic E-state index is 11.6. The van der Waals surface area contributed by atoms with Gasteiger partial charge in [0.1, 0.15) is 6.04 Å². The Hall–Kier alpha value is -2.20. The minimum atomic E-state index is -1.21. The van der Waals surface area contributed by atoms with Crippen molar-refractivity contribution in [3.8, 4) is 0 Å². The molecule has 0 bridgehead atoms. The Morgan fingerprint density at radius 3 is 1.74 bits per heavy atom. The zero-order chi connectivity index (χ0) is 21.8. The van der Waals surface area contributed by atoms with Crippen LogP contribution < -0.4 is 11.1 Å². The summed E-state index contributed by atoms with van der Waals surface area (Å²) in [6.07, 6.45) is 2.28. The average Bonchev–Trinajstić information content (AvgIpc) is 2.59. The fourth-order valence-electron chi connectivity index (χ4n) is 1.83. The van der Waals surface area contributed by atoms with Gasteiger partial charge in [0.15, 0.2) is 0 Å². The molecular weight excluding hydrogens is 358 g/mol. The molecular formula is C17H35N3O7. The first kappa shape index (κ1) is 29.6. The van der Waals surface area contributed by atoms with Gasteiger partial charge in [-0.1, -0.05) is 40.5 Å². The van der Waals surface area contributed by atoms with E-state index in [2.05, 4.69) is 5.32 Å². The fourth-order valence-corrected chi connectivity index (χ4v) is 1.83. The molecule has 0 rings (SSSR count). The molecule has 0 aromatic rings. The lowest BCUT2D eigenvalue weighted by molar-refractivity contribution is -0.142. The van der Waals surface area contributed by atoms with Crippen molar-refractivity contribution in [2.75, 3.05) is 26.2 Å². The summed E-state index contributed by atoms with van der Waals surface area (Å²) in [6.45, 7) is 6.96. The standard InChI is InChI=1S/C13H23N3O7.2C2H6/c14-9(13(22)23)4-2-1-3-5-15-10(17)6-16(7-11(18)19)8-12(20)21;2*1-2/h9H,1-8,14H2,(H,15,17)(H,18,19)(H,20,21)(H,22,23);2*1-2H3. The van der Waals surface area contributed by atoms with Crippen LogP contribution in [0.4, 0.5) is 0 Å². The van der Waals surface area contributed by atoms with Crippen molar-refractivity contribution in [1.29, 1.82) is 0 Å². The van der Waals surface area contributed by atoms with Crippen LogP contribution in [0.5, 0.6) is 0 Å². The minimum Gasteiger partial charge on any atom is -0.480 e. The second-order valence-corrected chi connectivity index (χ2v) is 5.08. The van der Waals surface area contributed by atoms with Crippen molar-refractivity contribution in [2.45, 2.75) is 59.4 Å². The van der Waals surface area contributed by atoms with Gasteiger partial charge in [-0.05, 0) is 12.8 Å². The van der Waals surface area contributed by atoms with Crippen LogP contribution in [0.2, 0.25) is 0 Å². The summed E-state index contributed by atoms with van der Waals surface area (Å²) in [6, 6.07) is -0.884. The maximum absolute atomic E-state index is 11.6. The number of hydrogen-bond acceptors (Lipinski definition) is 6. The SMILES string of the molecule is CC.CC.NC(CCCCCNC(=O)CN(CC(=O)O)CC(=O)O)C(=O)O. The number of carbonyl (C=O) groups is 4. The molecule has 0 fully saturated rings.